The van der Waals surface area contributed by atoms with Gasteiger partial charge in [0.1, 0.15) is 23.0 Å². The summed E-state index contributed by atoms with van der Waals surface area (Å²) in [6.07, 6.45) is 0.867. The molecule has 8 nitrogen and oxygen atoms in total. The molecule has 0 aliphatic carbocycles. The maximum absolute atomic E-state index is 13.5. The monoisotopic (exact) mass is 544 g/mol. The molecule has 39 heavy (non-hydrogen) atoms. The first kappa shape index (κ1) is 26.2. The minimum absolute atomic E-state index is 0.0124. The van der Waals surface area contributed by atoms with Crippen LogP contribution in [0, 0.1) is 0 Å². The number of hydrogen-bond acceptors (Lipinski definition) is 8. The second kappa shape index (κ2) is 11.2. The first-order valence-electron chi connectivity index (χ1n) is 12.7. The van der Waals surface area contributed by atoms with E-state index in [4.69, 9.17) is 14.2 Å². The summed E-state index contributed by atoms with van der Waals surface area (Å²) in [5, 5.41) is 11.7. The molecule has 0 saturated carbocycles. The molecule has 3 aromatic carbocycles. The summed E-state index contributed by atoms with van der Waals surface area (Å²) in [6, 6.07) is 18.5. The van der Waals surface area contributed by atoms with Crippen LogP contribution in [0.15, 0.2) is 72.3 Å². The van der Waals surface area contributed by atoms with Gasteiger partial charge >= 0.3 is 5.91 Å². The quantitative estimate of drug-likeness (QED) is 0.154. The molecule has 0 spiro atoms. The molecule has 1 fully saturated rings. The number of aromatic nitrogens is 1. The Bertz CT molecular complexity index is 1540. The summed E-state index contributed by atoms with van der Waals surface area (Å²) in [7, 11) is 1.56. The lowest BCUT2D eigenvalue weighted by molar-refractivity contribution is -0.132. The lowest BCUT2D eigenvalue weighted by atomic mass is 9.95. The molecule has 9 heteroatoms. The normalized spacial score (nSPS) is 16.6. The number of ketones is 1. The number of carbonyl (C=O) groups excluding carboxylic acids is 2. The predicted molar refractivity (Wildman–Crippen MR) is 151 cm³/mol. The highest BCUT2D eigenvalue weighted by atomic mass is 32.1. The van der Waals surface area contributed by atoms with Crippen molar-refractivity contribution >= 4 is 44.1 Å². The molecule has 4 aromatic rings. The number of aliphatic hydroxyl groups excluding tert-OH is 1. The first-order valence-corrected chi connectivity index (χ1v) is 13.5. The van der Waals surface area contributed by atoms with E-state index in [-0.39, 0.29) is 11.3 Å². The average molecular weight is 545 g/mol. The molecule has 0 bridgehead atoms. The van der Waals surface area contributed by atoms with Gasteiger partial charge in [-0.1, -0.05) is 30.4 Å². The Labute approximate surface area is 230 Å². The summed E-state index contributed by atoms with van der Waals surface area (Å²) in [5.41, 5.74) is 1.70. The van der Waals surface area contributed by atoms with E-state index in [1.54, 1.807) is 55.6 Å². The number of thiazole rings is 1. The van der Waals surface area contributed by atoms with E-state index in [1.165, 1.54) is 16.2 Å². The summed E-state index contributed by atoms with van der Waals surface area (Å²) in [4.78, 5) is 33.0. The van der Waals surface area contributed by atoms with Crippen LogP contribution in [0.2, 0.25) is 0 Å². The number of Topliss-reactive ketones (excluding diaryl/α,β-unsaturated/α-hetero) is 1. The van der Waals surface area contributed by atoms with Crippen molar-refractivity contribution in [2.45, 2.75) is 26.3 Å². The fourth-order valence-electron chi connectivity index (χ4n) is 4.47. The number of rotatable bonds is 9. The van der Waals surface area contributed by atoms with E-state index in [1.807, 2.05) is 32.0 Å². The molecule has 5 rings (SSSR count). The molecule has 1 N–H and O–H groups in total. The van der Waals surface area contributed by atoms with E-state index >= 15 is 0 Å². The number of benzene rings is 3. The second-order valence-electron chi connectivity index (χ2n) is 8.87. The highest BCUT2D eigenvalue weighted by molar-refractivity contribution is 7.22. The van der Waals surface area contributed by atoms with Crippen molar-refractivity contribution in [2.24, 2.45) is 0 Å². The highest BCUT2D eigenvalue weighted by Gasteiger charge is 2.48. The van der Waals surface area contributed by atoms with Gasteiger partial charge in [-0.25, -0.2) is 4.98 Å². The van der Waals surface area contributed by atoms with E-state index in [0.717, 1.165) is 11.1 Å². The van der Waals surface area contributed by atoms with Crippen LogP contribution in [0.25, 0.3) is 16.0 Å². The van der Waals surface area contributed by atoms with Gasteiger partial charge in [0.05, 0.1) is 42.2 Å². The molecule has 1 unspecified atom stereocenters. The largest absolute Gasteiger partial charge is 0.507 e. The van der Waals surface area contributed by atoms with Crippen LogP contribution in [0.5, 0.6) is 17.2 Å². The Kier molecular flexibility index (Phi) is 7.51. The Balaban J connectivity index is 1.63. The number of amides is 1. The van der Waals surface area contributed by atoms with Crippen LogP contribution in [-0.4, -0.2) is 42.1 Å². The SMILES string of the molecule is CCCOc1ccc(C(O)=C2C(=O)C(=O)N(c3nc4ccc(OCC)cc4s3)C2c2ccc(OC)cc2)cc1. The van der Waals surface area contributed by atoms with Gasteiger partial charge < -0.3 is 19.3 Å². The third-order valence-electron chi connectivity index (χ3n) is 6.34. The number of aliphatic hydroxyl groups is 1. The van der Waals surface area contributed by atoms with Gasteiger partial charge in [0.25, 0.3) is 5.78 Å². The van der Waals surface area contributed by atoms with Gasteiger partial charge in [-0.2, -0.15) is 0 Å². The van der Waals surface area contributed by atoms with Crippen molar-refractivity contribution in [3.05, 3.63) is 83.4 Å². The molecule has 1 amide bonds. The van der Waals surface area contributed by atoms with Crippen molar-refractivity contribution in [3.8, 4) is 17.2 Å². The summed E-state index contributed by atoms with van der Waals surface area (Å²) in [6.45, 7) is 5.02. The molecule has 1 saturated heterocycles. The van der Waals surface area contributed by atoms with Gasteiger partial charge in [0.15, 0.2) is 5.13 Å². The van der Waals surface area contributed by atoms with Crippen LogP contribution < -0.4 is 19.1 Å². The number of fused-ring (bicyclic) bond motifs is 1. The van der Waals surface area contributed by atoms with Gasteiger partial charge in [-0.15, -0.1) is 0 Å². The van der Waals surface area contributed by atoms with E-state index < -0.39 is 17.7 Å². The molecular weight excluding hydrogens is 516 g/mol. The van der Waals surface area contributed by atoms with Gasteiger partial charge in [-0.05, 0) is 73.5 Å². The van der Waals surface area contributed by atoms with Crippen molar-refractivity contribution in [1.82, 2.24) is 4.98 Å². The van der Waals surface area contributed by atoms with Crippen LogP contribution in [-0.2, 0) is 9.59 Å². The van der Waals surface area contributed by atoms with E-state index in [0.29, 0.717) is 52.2 Å². The average Bonchev–Trinajstić information content (AvgIpc) is 3.49. The zero-order valence-corrected chi connectivity index (χ0v) is 22.7. The van der Waals surface area contributed by atoms with Crippen LogP contribution in [0.4, 0.5) is 5.13 Å². The van der Waals surface area contributed by atoms with Crippen molar-refractivity contribution in [2.75, 3.05) is 25.2 Å². The minimum atomic E-state index is -0.890. The van der Waals surface area contributed by atoms with E-state index in [2.05, 4.69) is 4.98 Å². The highest BCUT2D eigenvalue weighted by Crippen LogP contribution is 2.45. The van der Waals surface area contributed by atoms with Crippen LogP contribution >= 0.6 is 11.3 Å². The third-order valence-corrected chi connectivity index (χ3v) is 7.36. The molecule has 1 atom stereocenters. The fourth-order valence-corrected chi connectivity index (χ4v) is 5.49. The number of methoxy groups -OCH3 is 1. The van der Waals surface area contributed by atoms with Gasteiger partial charge in [0.2, 0.25) is 0 Å². The first-order chi connectivity index (χ1) is 18.9. The lowest BCUT2D eigenvalue weighted by Crippen LogP contribution is -2.29. The molecule has 2 heterocycles. The molecular formula is C30H28N2O6S. The van der Waals surface area contributed by atoms with Crippen LogP contribution in [0.3, 0.4) is 0 Å². The minimum Gasteiger partial charge on any atom is -0.507 e. The predicted octanol–water partition coefficient (Wildman–Crippen LogP) is 6.12. The third kappa shape index (κ3) is 5.05. The molecule has 200 valence electrons. The van der Waals surface area contributed by atoms with Crippen molar-refractivity contribution in [1.29, 1.82) is 0 Å². The topological polar surface area (TPSA) is 98.2 Å². The molecule has 1 aromatic heterocycles. The maximum Gasteiger partial charge on any atom is 0.301 e. The Hall–Kier alpha value is -4.37. The summed E-state index contributed by atoms with van der Waals surface area (Å²) < 4.78 is 17.4. The molecule has 0 radical (unpaired) electrons. The van der Waals surface area contributed by atoms with Crippen LogP contribution in [0.1, 0.15) is 37.4 Å². The van der Waals surface area contributed by atoms with Crippen molar-refractivity contribution < 1.29 is 28.9 Å². The zero-order chi connectivity index (χ0) is 27.5. The molecule has 1 aliphatic heterocycles. The Morgan fingerprint density at radius 2 is 1.64 bits per heavy atom. The maximum atomic E-state index is 13.5. The number of anilines is 1. The summed E-state index contributed by atoms with van der Waals surface area (Å²) >= 11 is 1.28. The molecule has 1 aliphatic rings. The number of ether oxygens (including phenoxy) is 3. The van der Waals surface area contributed by atoms with Gasteiger partial charge in [-0.3, -0.25) is 14.5 Å². The van der Waals surface area contributed by atoms with E-state index in [9.17, 15) is 14.7 Å². The van der Waals surface area contributed by atoms with Gasteiger partial charge in [0, 0.05) is 5.56 Å². The zero-order valence-electron chi connectivity index (χ0n) is 21.8. The smallest absolute Gasteiger partial charge is 0.301 e. The summed E-state index contributed by atoms with van der Waals surface area (Å²) in [5.74, 6) is 0.167. The standard InChI is InChI=1S/C30H28N2O6S/c1-4-16-38-21-12-8-19(9-13-21)27(33)25-26(18-6-10-20(36-3)11-7-18)32(29(35)28(25)34)30-31-23-15-14-22(37-5-2)17-24(23)39-30/h6-15,17,26,33H,4-5,16H2,1-3H3. The Morgan fingerprint density at radius 1 is 0.949 bits per heavy atom. The van der Waals surface area contributed by atoms with Crippen molar-refractivity contribution in [3.63, 3.8) is 0 Å². The number of nitrogens with zero attached hydrogens (tertiary/aromatic N) is 2. The lowest BCUT2D eigenvalue weighted by Gasteiger charge is -2.23. The Morgan fingerprint density at radius 3 is 2.31 bits per heavy atom. The number of carbonyl (C=O) groups is 2. The second-order valence-corrected chi connectivity index (χ2v) is 9.88. The fraction of sp³-hybridized carbons (Fsp3) is 0.233. The number of hydrogen-bond donors (Lipinski definition) is 1.